The molecule has 13 heavy (non-hydrogen) atoms. The second-order valence-corrected chi connectivity index (χ2v) is 2.78. The molecule has 0 atom stereocenters. The Morgan fingerprint density at radius 2 is 2.23 bits per heavy atom. The van der Waals surface area contributed by atoms with E-state index in [4.69, 9.17) is 0 Å². The van der Waals surface area contributed by atoms with Crippen LogP contribution in [0.4, 0.5) is 0 Å². The molecule has 1 radical (unpaired) electrons. The standard InChI is InChI=1S/C11H9N2/c1-9-12-8-7-11(13-9)10-5-3-2-4-6-10/h2-3,5-8H,1H3. The molecular formula is C11H9N2. The lowest BCUT2D eigenvalue weighted by atomic mass is 10.1. The largest absolute Gasteiger partial charge is 0.242 e. The predicted molar refractivity (Wildman–Crippen MR) is 51.0 cm³/mol. The maximum absolute atomic E-state index is 4.31. The van der Waals surface area contributed by atoms with Crippen molar-refractivity contribution in [2.75, 3.05) is 0 Å². The first-order valence-corrected chi connectivity index (χ1v) is 4.12. The molecule has 0 aliphatic rings. The summed E-state index contributed by atoms with van der Waals surface area (Å²) in [4.78, 5) is 8.36. The minimum atomic E-state index is 0.793. The third-order valence-corrected chi connectivity index (χ3v) is 1.78. The van der Waals surface area contributed by atoms with E-state index >= 15 is 0 Å². The first kappa shape index (κ1) is 7.92. The SMILES string of the molecule is Cc1nccc(-c2c[c]ccc2)n1. The highest BCUT2D eigenvalue weighted by molar-refractivity contribution is 5.57. The molecule has 1 heterocycles. The maximum atomic E-state index is 4.31. The van der Waals surface area contributed by atoms with Crippen LogP contribution in [0, 0.1) is 13.0 Å². The summed E-state index contributed by atoms with van der Waals surface area (Å²) in [6, 6.07) is 12.7. The summed E-state index contributed by atoms with van der Waals surface area (Å²) < 4.78 is 0. The summed E-state index contributed by atoms with van der Waals surface area (Å²) in [5, 5.41) is 0. The lowest BCUT2D eigenvalue weighted by Gasteiger charge is -1.99. The Balaban J connectivity index is 2.48. The van der Waals surface area contributed by atoms with Crippen molar-refractivity contribution in [2.24, 2.45) is 0 Å². The Bertz CT molecular complexity index is 396. The summed E-state index contributed by atoms with van der Waals surface area (Å²) in [7, 11) is 0. The second kappa shape index (κ2) is 3.35. The summed E-state index contributed by atoms with van der Waals surface area (Å²) >= 11 is 0. The number of aryl methyl sites for hydroxylation is 1. The second-order valence-electron chi connectivity index (χ2n) is 2.78. The molecule has 2 heteroatoms. The van der Waals surface area contributed by atoms with Crippen LogP contribution < -0.4 is 0 Å². The van der Waals surface area contributed by atoms with E-state index in [0.717, 1.165) is 17.1 Å². The zero-order valence-corrected chi connectivity index (χ0v) is 7.36. The van der Waals surface area contributed by atoms with Gasteiger partial charge in [-0.05, 0) is 25.1 Å². The summed E-state index contributed by atoms with van der Waals surface area (Å²) in [5.74, 6) is 0.793. The van der Waals surface area contributed by atoms with Crippen molar-refractivity contribution < 1.29 is 0 Å². The number of aromatic nitrogens is 2. The number of benzene rings is 1. The lowest BCUT2D eigenvalue weighted by molar-refractivity contribution is 1.06. The van der Waals surface area contributed by atoms with Crippen LogP contribution in [0.15, 0.2) is 36.5 Å². The normalized spacial score (nSPS) is 9.92. The van der Waals surface area contributed by atoms with Crippen molar-refractivity contribution in [3.05, 3.63) is 48.4 Å². The van der Waals surface area contributed by atoms with Gasteiger partial charge in [0.25, 0.3) is 0 Å². The smallest absolute Gasteiger partial charge is 0.125 e. The molecule has 0 spiro atoms. The van der Waals surface area contributed by atoms with Gasteiger partial charge in [0, 0.05) is 11.8 Å². The van der Waals surface area contributed by atoms with Crippen LogP contribution in [-0.2, 0) is 0 Å². The van der Waals surface area contributed by atoms with Gasteiger partial charge in [-0.25, -0.2) is 9.97 Å². The van der Waals surface area contributed by atoms with E-state index < -0.39 is 0 Å². The van der Waals surface area contributed by atoms with E-state index in [1.165, 1.54) is 0 Å². The van der Waals surface area contributed by atoms with Crippen LogP contribution >= 0.6 is 0 Å². The van der Waals surface area contributed by atoms with Crippen LogP contribution in [-0.4, -0.2) is 9.97 Å². The monoisotopic (exact) mass is 169 g/mol. The highest BCUT2D eigenvalue weighted by atomic mass is 14.9. The maximum Gasteiger partial charge on any atom is 0.125 e. The minimum Gasteiger partial charge on any atom is -0.242 e. The van der Waals surface area contributed by atoms with Gasteiger partial charge in [-0.15, -0.1) is 0 Å². The molecule has 0 saturated heterocycles. The molecule has 2 aromatic rings. The van der Waals surface area contributed by atoms with Crippen molar-refractivity contribution in [3.8, 4) is 11.3 Å². The quantitative estimate of drug-likeness (QED) is 0.654. The molecule has 1 aromatic carbocycles. The molecule has 0 aliphatic heterocycles. The Kier molecular flexibility index (Phi) is 2.04. The highest BCUT2D eigenvalue weighted by Gasteiger charge is 1.97. The first-order valence-electron chi connectivity index (χ1n) is 4.12. The molecule has 0 unspecified atom stereocenters. The molecule has 0 fully saturated rings. The van der Waals surface area contributed by atoms with E-state index in [0.29, 0.717) is 0 Å². The fourth-order valence-corrected chi connectivity index (χ4v) is 1.17. The highest BCUT2D eigenvalue weighted by Crippen LogP contribution is 2.14. The minimum absolute atomic E-state index is 0.793. The average molecular weight is 169 g/mol. The van der Waals surface area contributed by atoms with Gasteiger partial charge in [-0.3, -0.25) is 0 Å². The van der Waals surface area contributed by atoms with Gasteiger partial charge in [0.1, 0.15) is 5.82 Å². The van der Waals surface area contributed by atoms with Gasteiger partial charge in [0.2, 0.25) is 0 Å². The van der Waals surface area contributed by atoms with Crippen LogP contribution in [0.3, 0.4) is 0 Å². The molecule has 0 amide bonds. The van der Waals surface area contributed by atoms with Crippen LogP contribution in [0.2, 0.25) is 0 Å². The van der Waals surface area contributed by atoms with Gasteiger partial charge < -0.3 is 0 Å². The van der Waals surface area contributed by atoms with Crippen LogP contribution in [0.5, 0.6) is 0 Å². The third kappa shape index (κ3) is 1.72. The third-order valence-electron chi connectivity index (χ3n) is 1.78. The van der Waals surface area contributed by atoms with E-state index in [9.17, 15) is 0 Å². The number of nitrogens with zero attached hydrogens (tertiary/aromatic N) is 2. The summed E-state index contributed by atoms with van der Waals surface area (Å²) in [6.07, 6.45) is 1.77. The molecule has 0 N–H and O–H groups in total. The number of rotatable bonds is 1. The van der Waals surface area contributed by atoms with Crippen molar-refractivity contribution in [3.63, 3.8) is 0 Å². The summed E-state index contributed by atoms with van der Waals surface area (Å²) in [5.41, 5.74) is 2.03. The molecular weight excluding hydrogens is 160 g/mol. The van der Waals surface area contributed by atoms with E-state index in [1.807, 2.05) is 37.3 Å². The average Bonchev–Trinajstić information content (AvgIpc) is 2.19. The first-order chi connectivity index (χ1) is 6.36. The van der Waals surface area contributed by atoms with Crippen molar-refractivity contribution in [2.45, 2.75) is 6.92 Å². The lowest BCUT2D eigenvalue weighted by Crippen LogP contribution is -1.88. The zero-order chi connectivity index (χ0) is 9.10. The Morgan fingerprint density at radius 1 is 1.31 bits per heavy atom. The molecule has 2 nitrogen and oxygen atoms in total. The van der Waals surface area contributed by atoms with Crippen LogP contribution in [0.25, 0.3) is 11.3 Å². The Morgan fingerprint density at radius 3 is 2.92 bits per heavy atom. The number of hydrogen-bond acceptors (Lipinski definition) is 2. The van der Waals surface area contributed by atoms with E-state index in [-0.39, 0.29) is 0 Å². The van der Waals surface area contributed by atoms with Gasteiger partial charge in [0.05, 0.1) is 5.69 Å². The van der Waals surface area contributed by atoms with Crippen molar-refractivity contribution in [1.29, 1.82) is 0 Å². The fourth-order valence-electron chi connectivity index (χ4n) is 1.17. The van der Waals surface area contributed by atoms with Gasteiger partial charge in [-0.2, -0.15) is 0 Å². The molecule has 2 rings (SSSR count). The fraction of sp³-hybridized carbons (Fsp3) is 0.0909. The number of hydrogen-bond donors (Lipinski definition) is 0. The van der Waals surface area contributed by atoms with E-state index in [2.05, 4.69) is 16.0 Å². The van der Waals surface area contributed by atoms with Gasteiger partial charge >= 0.3 is 0 Å². The zero-order valence-electron chi connectivity index (χ0n) is 7.36. The molecule has 0 aliphatic carbocycles. The van der Waals surface area contributed by atoms with Crippen molar-refractivity contribution in [1.82, 2.24) is 9.97 Å². The molecule has 0 saturated carbocycles. The van der Waals surface area contributed by atoms with Crippen LogP contribution in [0.1, 0.15) is 5.82 Å². The summed E-state index contributed by atoms with van der Waals surface area (Å²) in [6.45, 7) is 1.89. The topological polar surface area (TPSA) is 25.8 Å². The van der Waals surface area contributed by atoms with Gasteiger partial charge in [-0.1, -0.05) is 18.2 Å². The predicted octanol–water partition coefficient (Wildman–Crippen LogP) is 2.25. The Hall–Kier alpha value is -1.70. The van der Waals surface area contributed by atoms with Crippen molar-refractivity contribution >= 4 is 0 Å². The molecule has 0 bridgehead atoms. The Labute approximate surface area is 77.3 Å². The van der Waals surface area contributed by atoms with Gasteiger partial charge in [0.15, 0.2) is 0 Å². The molecule has 63 valence electrons. The molecule has 1 aromatic heterocycles. The van der Waals surface area contributed by atoms with E-state index in [1.54, 1.807) is 6.20 Å².